The number of rotatable bonds is 8. The molecular weight excluding hydrogens is 363 g/mol. The number of benzene rings is 2. The summed E-state index contributed by atoms with van der Waals surface area (Å²) in [6.45, 7) is 0.951. The maximum atomic E-state index is 13.8. The van der Waals surface area contributed by atoms with Crippen molar-refractivity contribution < 1.29 is 13.9 Å². The van der Waals surface area contributed by atoms with Crippen molar-refractivity contribution >= 4 is 23.1 Å². The number of nitrogens with zero attached hydrogens (tertiary/aromatic N) is 3. The van der Waals surface area contributed by atoms with Crippen LogP contribution in [0.5, 0.6) is 5.75 Å². The molecule has 0 aliphatic rings. The number of para-hydroxylation sites is 1. The molecule has 0 aliphatic carbocycles. The van der Waals surface area contributed by atoms with Gasteiger partial charge in [-0.25, -0.2) is 14.8 Å². The van der Waals surface area contributed by atoms with Crippen molar-refractivity contribution in [3.63, 3.8) is 0 Å². The smallest absolute Gasteiger partial charge is 0.262 e. The van der Waals surface area contributed by atoms with Crippen molar-refractivity contribution in [1.82, 2.24) is 9.55 Å². The van der Waals surface area contributed by atoms with Crippen molar-refractivity contribution in [2.75, 3.05) is 26.3 Å². The van der Waals surface area contributed by atoms with Gasteiger partial charge in [0.2, 0.25) is 5.95 Å². The number of hydrogen-bond acceptors (Lipinski definition) is 6. The van der Waals surface area contributed by atoms with Gasteiger partial charge in [-0.15, -0.1) is 0 Å². The summed E-state index contributed by atoms with van der Waals surface area (Å²) in [6, 6.07) is 11.6. The molecule has 1 aromatic heterocycles. The SMILES string of the molecule is COCCCn1c(N/N=C\c2ccc(OC)c(F)c2)nc2ccccc2c1=O. The number of fused-ring (bicyclic) bond motifs is 1. The number of methoxy groups -OCH3 is 2. The van der Waals surface area contributed by atoms with Crippen LogP contribution in [0.4, 0.5) is 10.3 Å². The Bertz CT molecular complexity index is 1050. The minimum absolute atomic E-state index is 0.158. The largest absolute Gasteiger partial charge is 0.494 e. The molecule has 146 valence electrons. The van der Waals surface area contributed by atoms with E-state index >= 15 is 0 Å². The Balaban J connectivity index is 1.89. The van der Waals surface area contributed by atoms with Crippen molar-refractivity contribution in [2.24, 2.45) is 5.10 Å². The fourth-order valence-electron chi connectivity index (χ4n) is 2.76. The van der Waals surface area contributed by atoms with Gasteiger partial charge < -0.3 is 9.47 Å². The molecule has 0 radical (unpaired) electrons. The Kier molecular flexibility index (Phi) is 6.33. The minimum Gasteiger partial charge on any atom is -0.494 e. The van der Waals surface area contributed by atoms with E-state index in [0.717, 1.165) is 0 Å². The highest BCUT2D eigenvalue weighted by atomic mass is 19.1. The van der Waals surface area contributed by atoms with Crippen LogP contribution in [0, 0.1) is 5.82 Å². The number of hydrazone groups is 1. The van der Waals surface area contributed by atoms with Crippen LogP contribution < -0.4 is 15.7 Å². The fourth-order valence-corrected chi connectivity index (χ4v) is 2.76. The zero-order valence-electron chi connectivity index (χ0n) is 15.7. The third-order valence-electron chi connectivity index (χ3n) is 4.15. The average Bonchev–Trinajstić information content (AvgIpc) is 2.70. The number of nitrogens with one attached hydrogen (secondary N) is 1. The molecule has 0 fully saturated rings. The lowest BCUT2D eigenvalue weighted by Crippen LogP contribution is -2.24. The van der Waals surface area contributed by atoms with Crippen LogP contribution in [0.2, 0.25) is 0 Å². The van der Waals surface area contributed by atoms with Gasteiger partial charge in [-0.1, -0.05) is 12.1 Å². The van der Waals surface area contributed by atoms with E-state index in [9.17, 15) is 9.18 Å². The molecule has 1 heterocycles. The maximum absolute atomic E-state index is 13.8. The van der Waals surface area contributed by atoms with Gasteiger partial charge in [-0.3, -0.25) is 9.36 Å². The number of aromatic nitrogens is 2. The molecular formula is C20H21FN4O3. The summed E-state index contributed by atoms with van der Waals surface area (Å²) in [5.74, 6) is -0.00919. The Morgan fingerprint density at radius 2 is 2.07 bits per heavy atom. The molecule has 0 saturated heterocycles. The van der Waals surface area contributed by atoms with E-state index in [1.54, 1.807) is 31.4 Å². The van der Waals surface area contributed by atoms with Gasteiger partial charge in [0.25, 0.3) is 5.56 Å². The maximum Gasteiger partial charge on any atom is 0.262 e. The lowest BCUT2D eigenvalue weighted by atomic mass is 10.2. The molecule has 0 aliphatic heterocycles. The van der Waals surface area contributed by atoms with E-state index in [0.29, 0.717) is 42.0 Å². The van der Waals surface area contributed by atoms with Crippen LogP contribution >= 0.6 is 0 Å². The van der Waals surface area contributed by atoms with Crippen molar-refractivity contribution in [3.05, 3.63) is 64.2 Å². The molecule has 1 N–H and O–H groups in total. The molecule has 3 aromatic rings. The number of hydrogen-bond donors (Lipinski definition) is 1. The normalized spacial score (nSPS) is 11.2. The van der Waals surface area contributed by atoms with E-state index in [1.165, 1.54) is 30.0 Å². The average molecular weight is 384 g/mol. The molecule has 7 nitrogen and oxygen atoms in total. The van der Waals surface area contributed by atoms with Crippen LogP contribution in [0.25, 0.3) is 10.9 Å². The Morgan fingerprint density at radius 3 is 2.82 bits per heavy atom. The quantitative estimate of drug-likeness (QED) is 0.367. The second-order valence-electron chi connectivity index (χ2n) is 6.02. The highest BCUT2D eigenvalue weighted by molar-refractivity contribution is 5.81. The van der Waals surface area contributed by atoms with Crippen molar-refractivity contribution in [2.45, 2.75) is 13.0 Å². The predicted octanol–water partition coefficient (Wildman–Crippen LogP) is 3.03. The number of ether oxygens (including phenoxy) is 2. The molecule has 0 bridgehead atoms. The van der Waals surface area contributed by atoms with Gasteiger partial charge in [0.15, 0.2) is 11.6 Å². The molecule has 0 amide bonds. The second-order valence-corrected chi connectivity index (χ2v) is 6.02. The summed E-state index contributed by atoms with van der Waals surface area (Å²) in [4.78, 5) is 17.3. The van der Waals surface area contributed by atoms with Crippen LogP contribution in [0.3, 0.4) is 0 Å². The first-order chi connectivity index (χ1) is 13.6. The van der Waals surface area contributed by atoms with Gasteiger partial charge in [0.05, 0.1) is 24.2 Å². The van der Waals surface area contributed by atoms with Crippen LogP contribution in [0.1, 0.15) is 12.0 Å². The lowest BCUT2D eigenvalue weighted by Gasteiger charge is -2.12. The molecule has 0 spiro atoms. The molecule has 0 atom stereocenters. The van der Waals surface area contributed by atoms with Crippen LogP contribution in [-0.4, -0.2) is 36.6 Å². The highest BCUT2D eigenvalue weighted by Crippen LogP contribution is 2.17. The van der Waals surface area contributed by atoms with Crippen LogP contribution in [0.15, 0.2) is 52.4 Å². The topological polar surface area (TPSA) is 77.7 Å². The molecule has 8 heteroatoms. The Labute approximate surface area is 161 Å². The van der Waals surface area contributed by atoms with Gasteiger partial charge in [-0.05, 0) is 42.3 Å². The van der Waals surface area contributed by atoms with Crippen molar-refractivity contribution in [1.29, 1.82) is 0 Å². The van der Waals surface area contributed by atoms with E-state index in [1.807, 2.05) is 6.07 Å². The van der Waals surface area contributed by atoms with E-state index < -0.39 is 5.82 Å². The lowest BCUT2D eigenvalue weighted by molar-refractivity contribution is 0.190. The zero-order valence-corrected chi connectivity index (χ0v) is 15.7. The first-order valence-corrected chi connectivity index (χ1v) is 8.75. The third kappa shape index (κ3) is 4.34. The predicted molar refractivity (Wildman–Crippen MR) is 107 cm³/mol. The van der Waals surface area contributed by atoms with Crippen LogP contribution in [-0.2, 0) is 11.3 Å². The van der Waals surface area contributed by atoms with E-state index in [2.05, 4.69) is 15.5 Å². The molecule has 2 aromatic carbocycles. The third-order valence-corrected chi connectivity index (χ3v) is 4.15. The molecule has 28 heavy (non-hydrogen) atoms. The Hall–Kier alpha value is -3.26. The highest BCUT2D eigenvalue weighted by Gasteiger charge is 2.10. The Morgan fingerprint density at radius 1 is 1.25 bits per heavy atom. The summed E-state index contributed by atoms with van der Waals surface area (Å²) < 4.78 is 25.3. The van der Waals surface area contributed by atoms with Crippen molar-refractivity contribution in [3.8, 4) is 5.75 Å². The van der Waals surface area contributed by atoms with Gasteiger partial charge in [0.1, 0.15) is 0 Å². The van der Waals surface area contributed by atoms with Gasteiger partial charge in [0, 0.05) is 20.3 Å². The summed E-state index contributed by atoms with van der Waals surface area (Å²) >= 11 is 0. The zero-order chi connectivity index (χ0) is 19.9. The monoisotopic (exact) mass is 384 g/mol. The fraction of sp³-hybridized carbons (Fsp3) is 0.250. The summed E-state index contributed by atoms with van der Waals surface area (Å²) in [7, 11) is 3.01. The summed E-state index contributed by atoms with van der Waals surface area (Å²) in [5, 5.41) is 4.64. The summed E-state index contributed by atoms with van der Waals surface area (Å²) in [5.41, 5.74) is 3.75. The standard InChI is InChI=1S/C20H21FN4O3/c1-27-11-5-10-25-19(26)15-6-3-4-7-17(15)23-20(25)24-22-13-14-8-9-18(28-2)16(21)12-14/h3-4,6-9,12-13H,5,10-11H2,1-2H3,(H,23,24)/b22-13-. The second kappa shape index (κ2) is 9.09. The first kappa shape index (κ1) is 19.5. The van der Waals surface area contributed by atoms with Gasteiger partial charge >= 0.3 is 0 Å². The van der Waals surface area contributed by atoms with E-state index in [4.69, 9.17) is 9.47 Å². The molecule has 3 rings (SSSR count). The minimum atomic E-state index is -0.480. The van der Waals surface area contributed by atoms with E-state index in [-0.39, 0.29) is 11.3 Å². The number of halogens is 1. The number of anilines is 1. The molecule has 0 unspecified atom stereocenters. The van der Waals surface area contributed by atoms with Gasteiger partial charge in [-0.2, -0.15) is 5.10 Å². The first-order valence-electron chi connectivity index (χ1n) is 8.75. The summed E-state index contributed by atoms with van der Waals surface area (Å²) in [6.07, 6.45) is 2.10. The molecule has 0 saturated carbocycles.